The van der Waals surface area contributed by atoms with Crippen LogP contribution in [0.2, 0.25) is 10.0 Å². The molecule has 3 rings (SSSR count). The van der Waals surface area contributed by atoms with Gasteiger partial charge in [0.1, 0.15) is 11.3 Å². The number of carbonyl (C=O) groups excluding carboxylic acids is 1. The first-order valence-corrected chi connectivity index (χ1v) is 8.79. The molecule has 1 aliphatic rings. The molecule has 8 heteroatoms. The molecule has 1 aromatic heterocycles. The van der Waals surface area contributed by atoms with Crippen molar-refractivity contribution in [3.8, 4) is 0 Å². The molecule has 2 aromatic rings. The molecule has 1 aromatic carbocycles. The van der Waals surface area contributed by atoms with Gasteiger partial charge in [-0.2, -0.15) is 0 Å². The lowest BCUT2D eigenvalue weighted by Gasteiger charge is -2.36. The molecule has 132 valence electrons. The summed E-state index contributed by atoms with van der Waals surface area (Å²) in [7, 11) is 0. The average Bonchev–Trinajstić information content (AvgIpc) is 2.63. The normalized spacial score (nSPS) is 16.0. The molecule has 0 unspecified atom stereocenters. The number of hydrogen-bond acceptors (Lipinski definition) is 5. The van der Waals surface area contributed by atoms with Crippen molar-refractivity contribution in [2.75, 3.05) is 31.1 Å². The fourth-order valence-electron chi connectivity index (χ4n) is 2.87. The van der Waals surface area contributed by atoms with E-state index < -0.39 is 6.04 Å². The van der Waals surface area contributed by atoms with Crippen molar-refractivity contribution in [1.82, 2.24) is 14.9 Å². The lowest BCUT2D eigenvalue weighted by Crippen LogP contribution is -2.53. The first kappa shape index (κ1) is 17.9. The average molecular weight is 380 g/mol. The van der Waals surface area contributed by atoms with E-state index >= 15 is 0 Å². The smallest absolute Gasteiger partial charge is 0.239 e. The maximum Gasteiger partial charge on any atom is 0.239 e. The van der Waals surface area contributed by atoms with Crippen molar-refractivity contribution < 1.29 is 4.79 Å². The summed E-state index contributed by atoms with van der Waals surface area (Å²) in [6.45, 7) is 2.51. The summed E-state index contributed by atoms with van der Waals surface area (Å²) >= 11 is 12.0. The minimum absolute atomic E-state index is 0.0385. The van der Waals surface area contributed by atoms with E-state index in [1.807, 2.05) is 12.1 Å². The maximum atomic E-state index is 12.6. The summed E-state index contributed by atoms with van der Waals surface area (Å²) in [6.07, 6.45) is 3.54. The van der Waals surface area contributed by atoms with E-state index in [-0.39, 0.29) is 5.91 Å². The number of piperazine rings is 1. The fourth-order valence-corrected chi connectivity index (χ4v) is 3.22. The van der Waals surface area contributed by atoms with Gasteiger partial charge in [-0.15, -0.1) is 0 Å². The standard InChI is InChI=1S/C17H19Cl2N5O/c18-13-3-1-12(2-4-13)9-15(20)17(25)24-7-5-23(6-8-24)16-14(19)10-21-11-22-16/h1-4,10-11,15H,5-9,20H2/t15-/m1/s1. The monoisotopic (exact) mass is 379 g/mol. The number of amides is 1. The summed E-state index contributed by atoms with van der Waals surface area (Å²) in [5.41, 5.74) is 7.11. The highest BCUT2D eigenvalue weighted by Crippen LogP contribution is 2.22. The zero-order chi connectivity index (χ0) is 17.8. The molecular weight excluding hydrogens is 361 g/mol. The molecule has 1 aliphatic heterocycles. The minimum Gasteiger partial charge on any atom is -0.352 e. The summed E-state index contributed by atoms with van der Waals surface area (Å²) in [4.78, 5) is 24.5. The topological polar surface area (TPSA) is 75.4 Å². The molecule has 1 saturated heterocycles. The summed E-state index contributed by atoms with van der Waals surface area (Å²) in [5, 5.41) is 1.19. The Hall–Kier alpha value is -1.89. The van der Waals surface area contributed by atoms with Crippen molar-refractivity contribution in [1.29, 1.82) is 0 Å². The Labute approximate surface area is 156 Å². The molecule has 6 nitrogen and oxygen atoms in total. The Balaban J connectivity index is 1.56. The molecule has 0 aliphatic carbocycles. The SMILES string of the molecule is N[C@H](Cc1ccc(Cl)cc1)C(=O)N1CCN(c2ncncc2Cl)CC1. The largest absolute Gasteiger partial charge is 0.352 e. The van der Waals surface area contributed by atoms with Gasteiger partial charge in [-0.3, -0.25) is 4.79 Å². The van der Waals surface area contributed by atoms with Gasteiger partial charge in [-0.05, 0) is 24.1 Å². The van der Waals surface area contributed by atoms with Gasteiger partial charge in [0, 0.05) is 31.2 Å². The van der Waals surface area contributed by atoms with Crippen LogP contribution in [-0.2, 0) is 11.2 Å². The van der Waals surface area contributed by atoms with E-state index in [9.17, 15) is 4.79 Å². The van der Waals surface area contributed by atoms with Crippen LogP contribution in [-0.4, -0.2) is 53.0 Å². The molecule has 1 atom stereocenters. The molecule has 0 bridgehead atoms. The van der Waals surface area contributed by atoms with Crippen molar-refractivity contribution in [3.05, 3.63) is 52.4 Å². The Morgan fingerprint density at radius 3 is 2.48 bits per heavy atom. The number of anilines is 1. The molecule has 0 saturated carbocycles. The highest BCUT2D eigenvalue weighted by atomic mass is 35.5. The molecule has 25 heavy (non-hydrogen) atoms. The molecule has 0 spiro atoms. The van der Waals surface area contributed by atoms with Gasteiger partial charge in [-0.1, -0.05) is 35.3 Å². The van der Waals surface area contributed by atoms with E-state index in [2.05, 4.69) is 14.9 Å². The van der Waals surface area contributed by atoms with Gasteiger partial charge in [-0.25, -0.2) is 9.97 Å². The van der Waals surface area contributed by atoms with Crippen LogP contribution >= 0.6 is 23.2 Å². The first-order chi connectivity index (χ1) is 12.0. The second-order valence-electron chi connectivity index (χ2n) is 5.94. The molecule has 2 heterocycles. The predicted molar refractivity (Wildman–Crippen MR) is 99.0 cm³/mol. The Morgan fingerprint density at radius 1 is 1.16 bits per heavy atom. The molecule has 1 amide bonds. The maximum absolute atomic E-state index is 12.6. The lowest BCUT2D eigenvalue weighted by atomic mass is 10.1. The van der Waals surface area contributed by atoms with E-state index in [4.69, 9.17) is 28.9 Å². The van der Waals surface area contributed by atoms with Crippen LogP contribution in [0.25, 0.3) is 0 Å². The quantitative estimate of drug-likeness (QED) is 0.878. The Kier molecular flexibility index (Phi) is 5.73. The predicted octanol–water partition coefficient (Wildman–Crippen LogP) is 2.00. The number of benzene rings is 1. The summed E-state index contributed by atoms with van der Waals surface area (Å²) in [6, 6.07) is 6.83. The zero-order valence-corrected chi connectivity index (χ0v) is 15.1. The van der Waals surface area contributed by atoms with Gasteiger partial charge in [0.2, 0.25) is 5.91 Å². The molecule has 0 radical (unpaired) electrons. The third-order valence-corrected chi connectivity index (χ3v) is 4.74. The van der Waals surface area contributed by atoms with E-state index in [0.717, 1.165) is 5.56 Å². The number of carbonyl (C=O) groups is 1. The van der Waals surface area contributed by atoms with Crippen molar-refractivity contribution >= 4 is 34.9 Å². The lowest BCUT2D eigenvalue weighted by molar-refractivity contribution is -0.132. The van der Waals surface area contributed by atoms with E-state index in [1.165, 1.54) is 6.33 Å². The number of rotatable bonds is 4. The molecule has 2 N–H and O–H groups in total. The fraction of sp³-hybridized carbons (Fsp3) is 0.353. The van der Waals surface area contributed by atoms with Gasteiger partial charge >= 0.3 is 0 Å². The minimum atomic E-state index is -0.560. The highest BCUT2D eigenvalue weighted by Gasteiger charge is 2.26. The number of hydrogen-bond donors (Lipinski definition) is 1. The van der Waals surface area contributed by atoms with Gasteiger partial charge in [0.25, 0.3) is 0 Å². The number of aromatic nitrogens is 2. The second kappa shape index (κ2) is 7.99. The first-order valence-electron chi connectivity index (χ1n) is 8.04. The summed E-state index contributed by atoms with van der Waals surface area (Å²) < 4.78 is 0. The third kappa shape index (κ3) is 4.39. The van der Waals surface area contributed by atoms with Crippen molar-refractivity contribution in [2.45, 2.75) is 12.5 Å². The number of nitrogens with zero attached hydrogens (tertiary/aromatic N) is 4. The third-order valence-electron chi connectivity index (χ3n) is 4.23. The molecular formula is C17H19Cl2N5O. The summed E-state index contributed by atoms with van der Waals surface area (Å²) in [5.74, 6) is 0.664. The second-order valence-corrected chi connectivity index (χ2v) is 6.79. The molecule has 1 fully saturated rings. The Bertz CT molecular complexity index is 732. The van der Waals surface area contributed by atoms with Gasteiger partial charge in [0.05, 0.1) is 12.2 Å². The van der Waals surface area contributed by atoms with E-state index in [0.29, 0.717) is 48.5 Å². The van der Waals surface area contributed by atoms with Crippen LogP contribution in [0.5, 0.6) is 0 Å². The van der Waals surface area contributed by atoms with Crippen LogP contribution in [0.15, 0.2) is 36.8 Å². The number of halogens is 2. The van der Waals surface area contributed by atoms with E-state index in [1.54, 1.807) is 23.2 Å². The number of nitrogens with two attached hydrogens (primary N) is 1. The van der Waals surface area contributed by atoms with Crippen LogP contribution in [0, 0.1) is 0 Å². The zero-order valence-electron chi connectivity index (χ0n) is 13.6. The Morgan fingerprint density at radius 2 is 1.84 bits per heavy atom. The van der Waals surface area contributed by atoms with Crippen molar-refractivity contribution in [3.63, 3.8) is 0 Å². The van der Waals surface area contributed by atoms with Crippen LogP contribution in [0.4, 0.5) is 5.82 Å². The van der Waals surface area contributed by atoms with Crippen LogP contribution in [0.1, 0.15) is 5.56 Å². The highest BCUT2D eigenvalue weighted by molar-refractivity contribution is 6.32. The van der Waals surface area contributed by atoms with Crippen LogP contribution in [0.3, 0.4) is 0 Å². The van der Waals surface area contributed by atoms with Crippen molar-refractivity contribution in [2.24, 2.45) is 5.73 Å². The van der Waals surface area contributed by atoms with Crippen LogP contribution < -0.4 is 10.6 Å². The van der Waals surface area contributed by atoms with Gasteiger partial charge < -0.3 is 15.5 Å². The van der Waals surface area contributed by atoms with Gasteiger partial charge in [0.15, 0.2) is 5.82 Å².